The maximum atomic E-state index is 6.02. The van der Waals surface area contributed by atoms with Gasteiger partial charge in [0, 0.05) is 18.6 Å². The number of aromatic nitrogens is 1. The van der Waals surface area contributed by atoms with E-state index in [0.29, 0.717) is 0 Å². The molecule has 98 valence electrons. The van der Waals surface area contributed by atoms with Gasteiger partial charge in [0.15, 0.2) is 12.4 Å². The molecule has 1 heterocycles. The Kier molecular flexibility index (Phi) is 4.35. The lowest BCUT2D eigenvalue weighted by Gasteiger charge is -2.13. The molecular weight excluding hydrogens is 234 g/mol. The Hall–Kier alpha value is -2.09. The summed E-state index contributed by atoms with van der Waals surface area (Å²) in [4.78, 5) is 0. The maximum Gasteiger partial charge on any atom is 0.301 e. The van der Waals surface area contributed by atoms with Gasteiger partial charge in [-0.3, -0.25) is 0 Å². The first-order chi connectivity index (χ1) is 9.20. The predicted octanol–water partition coefficient (Wildman–Crippen LogP) is 3.99. The topological polar surface area (TPSA) is 13.1 Å². The number of benzene rings is 1. The van der Waals surface area contributed by atoms with Crippen LogP contribution in [-0.4, -0.2) is 0 Å². The van der Waals surface area contributed by atoms with Crippen LogP contribution in [0.2, 0.25) is 0 Å². The summed E-state index contributed by atoms with van der Waals surface area (Å²) in [5.41, 5.74) is 2.21. The highest BCUT2D eigenvalue weighted by atomic mass is 16.5. The summed E-state index contributed by atoms with van der Waals surface area (Å²) in [6.07, 6.45) is 4.99. The Morgan fingerprint density at radius 1 is 1.16 bits per heavy atom. The number of ether oxygens (including phenoxy) is 1. The van der Waals surface area contributed by atoms with E-state index in [1.165, 1.54) is 0 Å². The smallest absolute Gasteiger partial charge is 0.301 e. The first-order valence-corrected chi connectivity index (χ1v) is 6.59. The van der Waals surface area contributed by atoms with Crippen molar-refractivity contribution in [3.8, 4) is 5.75 Å². The van der Waals surface area contributed by atoms with Crippen LogP contribution in [0, 0.1) is 0 Å². The van der Waals surface area contributed by atoms with Crippen LogP contribution in [0.1, 0.15) is 32.1 Å². The number of allylic oxidation sites excluding steroid dienone is 1. The van der Waals surface area contributed by atoms with Crippen LogP contribution >= 0.6 is 0 Å². The van der Waals surface area contributed by atoms with Crippen LogP contribution in [0.5, 0.6) is 5.75 Å². The third-order valence-electron chi connectivity index (χ3n) is 3.04. The lowest BCUT2D eigenvalue weighted by Crippen LogP contribution is -2.41. The molecule has 0 N–H and O–H groups in total. The number of pyridine rings is 1. The van der Waals surface area contributed by atoms with Crippen LogP contribution in [0.25, 0.3) is 5.57 Å². The van der Waals surface area contributed by atoms with Gasteiger partial charge in [0.2, 0.25) is 0 Å². The molecule has 0 aliphatic carbocycles. The molecule has 0 saturated carbocycles. The maximum absolute atomic E-state index is 6.02. The summed E-state index contributed by atoms with van der Waals surface area (Å²) in [6.45, 7) is 8.06. The minimum Gasteiger partial charge on any atom is -0.434 e. The zero-order chi connectivity index (χ0) is 13.7. The van der Waals surface area contributed by atoms with Gasteiger partial charge < -0.3 is 4.74 Å². The van der Waals surface area contributed by atoms with E-state index in [2.05, 4.69) is 18.1 Å². The van der Waals surface area contributed by atoms with E-state index in [9.17, 15) is 0 Å². The average Bonchev–Trinajstić information content (AvgIpc) is 2.46. The minimum absolute atomic E-state index is 0.0249. The zero-order valence-electron chi connectivity index (χ0n) is 11.5. The molecule has 0 spiro atoms. The monoisotopic (exact) mass is 254 g/mol. The second kappa shape index (κ2) is 6.19. The molecule has 1 aromatic carbocycles. The molecule has 2 nitrogen and oxygen atoms in total. The van der Waals surface area contributed by atoms with Crippen molar-refractivity contribution >= 4 is 5.57 Å². The van der Waals surface area contributed by atoms with E-state index in [0.717, 1.165) is 23.3 Å². The van der Waals surface area contributed by atoms with Crippen LogP contribution in [0.15, 0.2) is 61.4 Å². The van der Waals surface area contributed by atoms with Gasteiger partial charge in [-0.15, -0.1) is 0 Å². The van der Waals surface area contributed by atoms with Crippen LogP contribution < -0.4 is 9.30 Å². The lowest BCUT2D eigenvalue weighted by atomic mass is 10.1. The van der Waals surface area contributed by atoms with Gasteiger partial charge in [0.25, 0.3) is 0 Å². The molecular formula is C17H20NO+. The molecule has 0 fully saturated rings. The molecule has 0 bridgehead atoms. The molecule has 2 aromatic rings. The summed E-state index contributed by atoms with van der Waals surface area (Å²) in [5, 5.41) is 0. The Labute approximate surface area is 115 Å². The molecule has 19 heavy (non-hydrogen) atoms. The summed E-state index contributed by atoms with van der Waals surface area (Å²) in [6, 6.07) is 14.1. The third kappa shape index (κ3) is 3.44. The molecule has 0 aliphatic heterocycles. The minimum atomic E-state index is 0.0249. The fraction of sp³-hybridized carbons (Fsp3) is 0.235. The first kappa shape index (κ1) is 13.3. The van der Waals surface area contributed by atoms with Crippen molar-refractivity contribution in [2.24, 2.45) is 0 Å². The van der Waals surface area contributed by atoms with Crippen molar-refractivity contribution in [3.05, 3.63) is 67.0 Å². The number of hydrogen-bond donors (Lipinski definition) is 0. The fourth-order valence-corrected chi connectivity index (χ4v) is 1.93. The molecule has 1 aromatic heterocycles. The van der Waals surface area contributed by atoms with E-state index in [1.54, 1.807) is 0 Å². The molecule has 1 unspecified atom stereocenters. The summed E-state index contributed by atoms with van der Waals surface area (Å²) in [7, 11) is 0. The van der Waals surface area contributed by atoms with E-state index >= 15 is 0 Å². The Morgan fingerprint density at radius 3 is 2.32 bits per heavy atom. The number of rotatable bonds is 5. The van der Waals surface area contributed by atoms with Crippen molar-refractivity contribution in [1.82, 2.24) is 0 Å². The van der Waals surface area contributed by atoms with Crippen molar-refractivity contribution < 1.29 is 9.30 Å². The van der Waals surface area contributed by atoms with Crippen molar-refractivity contribution in [1.29, 1.82) is 0 Å². The SMILES string of the molecule is C=C(C)c1ccc(OC(CC)[n+]2ccccc2)cc1. The second-order valence-corrected chi connectivity index (χ2v) is 4.61. The highest BCUT2D eigenvalue weighted by Crippen LogP contribution is 2.20. The molecule has 0 radical (unpaired) electrons. The first-order valence-electron chi connectivity index (χ1n) is 6.59. The highest BCUT2D eigenvalue weighted by Gasteiger charge is 2.16. The number of hydrogen-bond acceptors (Lipinski definition) is 1. The highest BCUT2D eigenvalue weighted by molar-refractivity contribution is 5.61. The Bertz CT molecular complexity index is 531. The van der Waals surface area contributed by atoms with Crippen LogP contribution in [-0.2, 0) is 0 Å². The largest absolute Gasteiger partial charge is 0.434 e. The van der Waals surface area contributed by atoms with Crippen molar-refractivity contribution in [2.45, 2.75) is 26.5 Å². The fourth-order valence-electron chi connectivity index (χ4n) is 1.93. The normalized spacial score (nSPS) is 11.9. The van der Waals surface area contributed by atoms with Crippen LogP contribution in [0.3, 0.4) is 0 Å². The van der Waals surface area contributed by atoms with E-state index in [4.69, 9.17) is 4.74 Å². The quantitative estimate of drug-likeness (QED) is 0.735. The Balaban J connectivity index is 2.12. The molecule has 0 saturated heterocycles. The zero-order valence-corrected chi connectivity index (χ0v) is 11.5. The van der Waals surface area contributed by atoms with Gasteiger partial charge in [-0.25, -0.2) is 0 Å². The molecule has 0 aliphatic rings. The number of nitrogens with zero attached hydrogens (tertiary/aromatic N) is 1. The Morgan fingerprint density at radius 2 is 1.79 bits per heavy atom. The van der Waals surface area contributed by atoms with Gasteiger partial charge in [0.05, 0.1) is 0 Å². The van der Waals surface area contributed by atoms with Crippen molar-refractivity contribution in [3.63, 3.8) is 0 Å². The predicted molar refractivity (Wildman–Crippen MR) is 77.7 cm³/mol. The second-order valence-electron chi connectivity index (χ2n) is 4.61. The van der Waals surface area contributed by atoms with E-state index in [-0.39, 0.29) is 6.23 Å². The summed E-state index contributed by atoms with van der Waals surface area (Å²) < 4.78 is 8.09. The van der Waals surface area contributed by atoms with Crippen molar-refractivity contribution in [2.75, 3.05) is 0 Å². The van der Waals surface area contributed by atoms with E-state index < -0.39 is 0 Å². The van der Waals surface area contributed by atoms with Crippen LogP contribution in [0.4, 0.5) is 0 Å². The molecule has 2 rings (SSSR count). The van der Waals surface area contributed by atoms with E-state index in [1.807, 2.05) is 61.8 Å². The summed E-state index contributed by atoms with van der Waals surface area (Å²) in [5.74, 6) is 0.883. The van der Waals surface area contributed by atoms with Gasteiger partial charge in [0.1, 0.15) is 5.75 Å². The molecule has 0 amide bonds. The average molecular weight is 254 g/mol. The van der Waals surface area contributed by atoms with Gasteiger partial charge in [-0.1, -0.05) is 37.3 Å². The molecule has 1 atom stereocenters. The third-order valence-corrected chi connectivity index (χ3v) is 3.04. The lowest BCUT2D eigenvalue weighted by molar-refractivity contribution is -0.754. The molecule has 2 heteroatoms. The van der Waals surface area contributed by atoms with Gasteiger partial charge in [-0.05, 0) is 24.6 Å². The van der Waals surface area contributed by atoms with Gasteiger partial charge >= 0.3 is 6.23 Å². The standard InChI is InChI=1S/C17H20NO/c1-4-17(18-12-6-5-7-13-18)19-16-10-8-15(9-11-16)14(2)3/h5-13,17H,2,4H2,1,3H3/q+1. The summed E-state index contributed by atoms with van der Waals surface area (Å²) >= 11 is 0. The van der Waals surface area contributed by atoms with Gasteiger partial charge in [-0.2, -0.15) is 4.57 Å².